The number of rotatable bonds is 6. The lowest BCUT2D eigenvalue weighted by Crippen LogP contribution is -2.12. The number of aromatic nitrogens is 5. The molecule has 4 aromatic rings. The summed E-state index contributed by atoms with van der Waals surface area (Å²) in [5, 5.41) is 8.18. The van der Waals surface area contributed by atoms with Gasteiger partial charge in [-0.25, -0.2) is 22.8 Å². The summed E-state index contributed by atoms with van der Waals surface area (Å²) in [6, 6.07) is 10.5. The number of anilines is 1. The molecule has 0 aliphatic carbocycles. The first-order valence-corrected chi connectivity index (χ1v) is 11.4. The minimum atomic E-state index is -3.39. The first-order valence-electron chi connectivity index (χ1n) is 9.48. The lowest BCUT2D eigenvalue weighted by Gasteiger charge is -2.18. The largest absolute Gasteiger partial charge is 0.467 e. The Bertz CT molecular complexity index is 1380. The summed E-state index contributed by atoms with van der Waals surface area (Å²) in [6.07, 6.45) is 4.89. The van der Waals surface area contributed by atoms with Gasteiger partial charge in [-0.2, -0.15) is 15.0 Å². The van der Waals surface area contributed by atoms with Crippen LogP contribution >= 0.6 is 0 Å². The number of hydrogen-bond donors (Lipinski definition) is 1. The van der Waals surface area contributed by atoms with Gasteiger partial charge in [-0.1, -0.05) is 12.1 Å². The monoisotopic (exact) mass is 454 g/mol. The van der Waals surface area contributed by atoms with Crippen LogP contribution in [0.1, 0.15) is 18.6 Å². The van der Waals surface area contributed by atoms with Crippen molar-refractivity contribution in [1.82, 2.24) is 25.0 Å². The van der Waals surface area contributed by atoms with E-state index in [2.05, 4.69) is 20.2 Å². The van der Waals surface area contributed by atoms with Crippen molar-refractivity contribution in [1.29, 1.82) is 0 Å². The summed E-state index contributed by atoms with van der Waals surface area (Å²) >= 11 is 0. The molecule has 2 N–H and O–H groups in total. The highest BCUT2D eigenvalue weighted by Crippen LogP contribution is 2.30. The molecule has 2 aromatic heterocycles. The van der Waals surface area contributed by atoms with Crippen LogP contribution in [0.4, 0.5) is 10.2 Å². The highest BCUT2D eigenvalue weighted by molar-refractivity contribution is 7.90. The summed E-state index contributed by atoms with van der Waals surface area (Å²) in [4.78, 5) is 10.0. The molecule has 32 heavy (non-hydrogen) atoms. The molecule has 0 fully saturated rings. The number of ether oxygens (including phenoxy) is 1. The number of nitrogens with zero attached hydrogens (tertiary/aromatic N) is 5. The third kappa shape index (κ3) is 4.42. The van der Waals surface area contributed by atoms with Crippen LogP contribution in [0.2, 0.25) is 0 Å². The maximum Gasteiger partial charge on any atom is 0.258 e. The van der Waals surface area contributed by atoms with Gasteiger partial charge in [0.25, 0.3) is 5.88 Å². The standard InChI is InChI=1S/C21H19FN6O3S/c1-13(17-11-15(22)6-7-19(17)28-25-8-9-26-28)31-21-20(23)24-12-18(27-21)14-4-3-5-16(10-14)32(2,29)30/h3-13H,1-2H3,(H2,23,24)/t13-/m1/s1. The highest BCUT2D eigenvalue weighted by Gasteiger charge is 2.19. The van der Waals surface area contributed by atoms with Crippen LogP contribution in [0.3, 0.4) is 0 Å². The fourth-order valence-electron chi connectivity index (χ4n) is 3.10. The van der Waals surface area contributed by atoms with Crippen LogP contribution in [0.15, 0.2) is 66.0 Å². The minimum absolute atomic E-state index is 0.0309. The molecule has 164 valence electrons. The lowest BCUT2D eigenvalue weighted by atomic mass is 10.1. The summed E-state index contributed by atoms with van der Waals surface area (Å²) in [7, 11) is -3.39. The molecule has 11 heteroatoms. The third-order valence-electron chi connectivity index (χ3n) is 4.68. The van der Waals surface area contributed by atoms with E-state index in [1.54, 1.807) is 25.1 Å². The average Bonchev–Trinajstić information content (AvgIpc) is 3.29. The second kappa shape index (κ2) is 8.35. The first kappa shape index (κ1) is 21.4. The van der Waals surface area contributed by atoms with Gasteiger partial charge in [0.1, 0.15) is 11.9 Å². The molecule has 0 amide bonds. The number of nitrogens with two attached hydrogens (primary N) is 1. The molecule has 1 atom stereocenters. The molecule has 0 aliphatic heterocycles. The van der Waals surface area contributed by atoms with E-state index in [9.17, 15) is 12.8 Å². The van der Waals surface area contributed by atoms with Crippen molar-refractivity contribution in [3.05, 3.63) is 72.4 Å². The molecule has 0 saturated heterocycles. The molecule has 0 bridgehead atoms. The molecular formula is C21H19FN6O3S. The summed E-state index contributed by atoms with van der Waals surface area (Å²) < 4.78 is 43.7. The van der Waals surface area contributed by atoms with Crippen LogP contribution in [0.5, 0.6) is 5.88 Å². The lowest BCUT2D eigenvalue weighted by molar-refractivity contribution is 0.217. The Morgan fingerprint density at radius 3 is 2.59 bits per heavy atom. The molecule has 0 spiro atoms. The Kier molecular flexibility index (Phi) is 5.57. The zero-order chi connectivity index (χ0) is 22.9. The van der Waals surface area contributed by atoms with Crippen molar-refractivity contribution in [2.24, 2.45) is 0 Å². The van der Waals surface area contributed by atoms with Gasteiger partial charge in [0.05, 0.1) is 34.9 Å². The van der Waals surface area contributed by atoms with Gasteiger partial charge in [0.2, 0.25) is 0 Å². The number of nitrogen functional groups attached to an aromatic ring is 1. The van der Waals surface area contributed by atoms with E-state index < -0.39 is 21.8 Å². The Hall–Kier alpha value is -3.86. The average molecular weight is 454 g/mol. The van der Waals surface area contributed by atoms with Crippen LogP contribution in [0.25, 0.3) is 16.9 Å². The highest BCUT2D eigenvalue weighted by atomic mass is 32.2. The quantitative estimate of drug-likeness (QED) is 0.471. The van der Waals surface area contributed by atoms with E-state index in [1.165, 1.54) is 47.7 Å². The second-order valence-electron chi connectivity index (χ2n) is 7.03. The molecule has 0 unspecified atom stereocenters. The van der Waals surface area contributed by atoms with Gasteiger partial charge in [-0.15, -0.1) is 0 Å². The van der Waals surface area contributed by atoms with Crippen molar-refractivity contribution >= 4 is 15.7 Å². The SMILES string of the molecule is C[C@@H](Oc1nc(-c2cccc(S(C)(=O)=O)c2)cnc1N)c1cc(F)ccc1-n1nccn1. The Labute approximate surface area is 183 Å². The normalized spacial score (nSPS) is 12.5. The maximum absolute atomic E-state index is 14.0. The molecular weight excluding hydrogens is 435 g/mol. The Morgan fingerprint density at radius 1 is 1.12 bits per heavy atom. The van der Waals surface area contributed by atoms with Crippen molar-refractivity contribution in [3.8, 4) is 22.8 Å². The first-order chi connectivity index (χ1) is 15.2. The summed E-state index contributed by atoms with van der Waals surface area (Å²) in [5.41, 5.74) is 7.88. The molecule has 9 nitrogen and oxygen atoms in total. The fourth-order valence-corrected chi connectivity index (χ4v) is 3.76. The minimum Gasteiger partial charge on any atom is -0.467 e. The van der Waals surface area contributed by atoms with E-state index in [4.69, 9.17) is 10.5 Å². The number of hydrogen-bond acceptors (Lipinski definition) is 8. The van der Waals surface area contributed by atoms with E-state index in [0.29, 0.717) is 22.5 Å². The molecule has 0 saturated carbocycles. The van der Waals surface area contributed by atoms with Crippen LogP contribution in [-0.2, 0) is 9.84 Å². The van der Waals surface area contributed by atoms with Gasteiger partial charge in [-0.3, -0.25) is 0 Å². The van der Waals surface area contributed by atoms with Gasteiger partial charge in [-0.05, 0) is 37.3 Å². The molecule has 2 aromatic carbocycles. The van der Waals surface area contributed by atoms with Crippen molar-refractivity contribution in [2.75, 3.05) is 12.0 Å². The molecule has 2 heterocycles. The van der Waals surface area contributed by atoms with Crippen LogP contribution < -0.4 is 10.5 Å². The van der Waals surface area contributed by atoms with Gasteiger partial charge < -0.3 is 10.5 Å². The zero-order valence-corrected chi connectivity index (χ0v) is 18.0. The predicted molar refractivity (Wildman–Crippen MR) is 115 cm³/mol. The van der Waals surface area contributed by atoms with Crippen molar-refractivity contribution in [3.63, 3.8) is 0 Å². The number of halogens is 1. The smallest absolute Gasteiger partial charge is 0.258 e. The molecule has 0 radical (unpaired) electrons. The summed E-state index contributed by atoms with van der Waals surface area (Å²) in [6.45, 7) is 1.71. The van der Waals surface area contributed by atoms with Gasteiger partial charge >= 0.3 is 0 Å². The second-order valence-corrected chi connectivity index (χ2v) is 9.04. The summed E-state index contributed by atoms with van der Waals surface area (Å²) in [5.74, 6) is -0.379. The van der Waals surface area contributed by atoms with Gasteiger partial charge in [0, 0.05) is 17.4 Å². The number of sulfone groups is 1. The molecule has 4 rings (SSSR count). The van der Waals surface area contributed by atoms with Crippen LogP contribution in [-0.4, -0.2) is 39.6 Å². The molecule has 0 aliphatic rings. The van der Waals surface area contributed by atoms with E-state index in [-0.39, 0.29) is 16.6 Å². The Balaban J connectivity index is 1.69. The zero-order valence-electron chi connectivity index (χ0n) is 17.2. The third-order valence-corrected chi connectivity index (χ3v) is 5.79. The Morgan fingerprint density at radius 2 is 1.88 bits per heavy atom. The van der Waals surface area contributed by atoms with Gasteiger partial charge in [0.15, 0.2) is 15.7 Å². The predicted octanol–water partition coefficient (Wildman–Crippen LogP) is 2.99. The van der Waals surface area contributed by atoms with E-state index >= 15 is 0 Å². The van der Waals surface area contributed by atoms with E-state index in [0.717, 1.165) is 6.26 Å². The van der Waals surface area contributed by atoms with Crippen molar-refractivity contribution in [2.45, 2.75) is 17.9 Å². The topological polar surface area (TPSA) is 126 Å². The van der Waals surface area contributed by atoms with Crippen LogP contribution in [0, 0.1) is 5.82 Å². The van der Waals surface area contributed by atoms with Crippen molar-refractivity contribution < 1.29 is 17.5 Å². The fraction of sp³-hybridized carbons (Fsp3) is 0.143. The maximum atomic E-state index is 14.0. The number of benzene rings is 2. The van der Waals surface area contributed by atoms with E-state index in [1.807, 2.05) is 0 Å².